The number of nitrogens with zero attached hydrogens (tertiary/aromatic N) is 1. The molecule has 0 aromatic heterocycles. The van der Waals surface area contributed by atoms with Crippen molar-refractivity contribution < 1.29 is 32.9 Å². The van der Waals surface area contributed by atoms with Crippen molar-refractivity contribution >= 4 is 13.7 Å². The van der Waals surface area contributed by atoms with Crippen LogP contribution in [0.25, 0.3) is 0 Å². The lowest BCUT2D eigenvalue weighted by molar-refractivity contribution is -0.870. The van der Waals surface area contributed by atoms with Gasteiger partial charge in [0.2, 0.25) is 5.91 Å². The Balaban J connectivity index is 4.27. The number of unbranched alkanes of at least 4 members (excludes halogenated alkanes) is 13. The van der Waals surface area contributed by atoms with Crippen molar-refractivity contribution in [2.24, 2.45) is 0 Å². The fourth-order valence-electron chi connectivity index (χ4n) is 7.49. The number of allylic oxidation sites excluding steroid dienone is 27. The summed E-state index contributed by atoms with van der Waals surface area (Å²) in [5.74, 6) is -0.218. The fraction of sp³-hybridized carbons (Fsp3) is 0.574. The maximum absolute atomic E-state index is 13.0. The zero-order valence-corrected chi connectivity index (χ0v) is 50.3. The zero-order valence-electron chi connectivity index (χ0n) is 49.4. The maximum atomic E-state index is 13.0. The fourth-order valence-corrected chi connectivity index (χ4v) is 8.22. The molecule has 0 aromatic rings. The molecular weight excluding hydrogens is 972 g/mol. The van der Waals surface area contributed by atoms with E-state index < -0.39 is 20.0 Å². The smallest absolute Gasteiger partial charge is 0.387 e. The summed E-state index contributed by atoms with van der Waals surface area (Å²) >= 11 is 0. The first kappa shape index (κ1) is 72.9. The summed E-state index contributed by atoms with van der Waals surface area (Å²) in [6.07, 6.45) is 90.3. The molecule has 3 atom stereocenters. The highest BCUT2D eigenvalue weighted by molar-refractivity contribution is 7.47. The number of carbonyl (C=O) groups excluding carboxylic acids is 1. The molecule has 1 amide bonds. The molecule has 0 saturated heterocycles. The molecule has 3 N–H and O–H groups in total. The number of phosphoric ester groups is 1. The Kier molecular flexibility index (Phi) is 53.5. The predicted molar refractivity (Wildman–Crippen MR) is 336 cm³/mol. The van der Waals surface area contributed by atoms with Crippen molar-refractivity contribution in [3.8, 4) is 0 Å². The Morgan fingerprint density at radius 1 is 0.455 bits per heavy atom. The molecule has 434 valence electrons. The Labute approximate surface area is 473 Å². The SMILES string of the molecule is CC/C=C\C/C=C\C/C=C\C/C=C\C/C=C\C/C=C\C/C=C\C/C=C\C/C=C\C/C=C\C/C=C\CCCCCCCC(=O)NC(COP(=O)(O)OCC[N+](C)(C)C)C(O)/C=C/CC/C=C/CC/C=C/CCCCCCCC. The van der Waals surface area contributed by atoms with Crippen molar-refractivity contribution in [3.05, 3.63) is 170 Å². The van der Waals surface area contributed by atoms with E-state index in [9.17, 15) is 19.4 Å². The molecule has 0 aliphatic heterocycles. The number of aliphatic hydroxyl groups excluding tert-OH is 1. The number of likely N-dealkylation sites (N-methyl/N-ethyl adjacent to an activating group) is 1. The Morgan fingerprint density at radius 2 is 0.792 bits per heavy atom. The van der Waals surface area contributed by atoms with Crippen molar-refractivity contribution in [2.45, 2.75) is 212 Å². The van der Waals surface area contributed by atoms with E-state index in [1.54, 1.807) is 6.08 Å². The third-order valence-electron chi connectivity index (χ3n) is 12.1. The number of phosphoric acid groups is 1. The van der Waals surface area contributed by atoms with E-state index in [0.29, 0.717) is 17.4 Å². The van der Waals surface area contributed by atoms with Gasteiger partial charge in [-0.25, -0.2) is 4.57 Å². The normalized spacial score (nSPS) is 15.1. The van der Waals surface area contributed by atoms with E-state index in [1.807, 2.05) is 27.2 Å². The molecule has 0 aliphatic rings. The van der Waals surface area contributed by atoms with E-state index in [4.69, 9.17) is 9.05 Å². The van der Waals surface area contributed by atoms with Crippen LogP contribution in [0.2, 0.25) is 0 Å². The number of aliphatic hydroxyl groups is 1. The first-order valence-electron chi connectivity index (χ1n) is 30.0. The van der Waals surface area contributed by atoms with Gasteiger partial charge < -0.3 is 19.8 Å². The summed E-state index contributed by atoms with van der Waals surface area (Å²) in [6.45, 7) is 4.62. The number of rotatable bonds is 52. The van der Waals surface area contributed by atoms with E-state index in [0.717, 1.165) is 135 Å². The Hall–Kier alpha value is -4.14. The monoisotopic (exact) mass is 1080 g/mol. The van der Waals surface area contributed by atoms with E-state index in [2.05, 4.69) is 177 Å². The summed E-state index contributed by atoms with van der Waals surface area (Å²) in [6, 6.07) is -0.893. The second-order valence-corrected chi connectivity index (χ2v) is 22.1. The van der Waals surface area contributed by atoms with Crippen LogP contribution in [-0.2, 0) is 18.4 Å². The van der Waals surface area contributed by atoms with Crippen molar-refractivity contribution in [1.82, 2.24) is 5.32 Å². The van der Waals surface area contributed by atoms with Crippen molar-refractivity contribution in [3.63, 3.8) is 0 Å². The minimum Gasteiger partial charge on any atom is -0.387 e. The first-order valence-corrected chi connectivity index (χ1v) is 31.5. The summed E-state index contributed by atoms with van der Waals surface area (Å²) in [5.41, 5.74) is 0. The van der Waals surface area contributed by atoms with E-state index >= 15 is 0 Å². The molecule has 0 radical (unpaired) electrons. The topological polar surface area (TPSA) is 105 Å². The van der Waals surface area contributed by atoms with Gasteiger partial charge in [-0.2, -0.15) is 0 Å². The zero-order chi connectivity index (χ0) is 56.3. The maximum Gasteiger partial charge on any atom is 0.472 e. The largest absolute Gasteiger partial charge is 0.472 e. The number of hydrogen-bond acceptors (Lipinski definition) is 5. The van der Waals surface area contributed by atoms with Gasteiger partial charge in [0.15, 0.2) is 0 Å². The van der Waals surface area contributed by atoms with Crippen molar-refractivity contribution in [1.29, 1.82) is 0 Å². The van der Waals surface area contributed by atoms with Gasteiger partial charge in [-0.15, -0.1) is 0 Å². The molecular formula is C68H112N2O6P+. The highest BCUT2D eigenvalue weighted by Gasteiger charge is 2.27. The van der Waals surface area contributed by atoms with Gasteiger partial charge in [0.25, 0.3) is 0 Å². The molecule has 0 aliphatic carbocycles. The number of carbonyl (C=O) groups is 1. The summed E-state index contributed by atoms with van der Waals surface area (Å²) in [4.78, 5) is 23.3. The minimum atomic E-state index is -4.38. The molecule has 0 bridgehead atoms. The van der Waals surface area contributed by atoms with Crippen LogP contribution >= 0.6 is 7.82 Å². The van der Waals surface area contributed by atoms with Crippen LogP contribution < -0.4 is 5.32 Å². The first-order chi connectivity index (χ1) is 37.5. The number of quaternary nitrogens is 1. The molecule has 0 aromatic carbocycles. The quantitative estimate of drug-likeness (QED) is 0.0243. The molecule has 0 fully saturated rings. The van der Waals surface area contributed by atoms with Gasteiger partial charge in [0, 0.05) is 6.42 Å². The number of nitrogens with one attached hydrogen (secondary N) is 1. The lowest BCUT2D eigenvalue weighted by atomic mass is 10.1. The molecule has 0 rings (SSSR count). The second-order valence-electron chi connectivity index (χ2n) is 20.6. The molecule has 0 spiro atoms. The lowest BCUT2D eigenvalue weighted by Crippen LogP contribution is -2.45. The van der Waals surface area contributed by atoms with Gasteiger partial charge in [-0.1, -0.05) is 235 Å². The average molecular weight is 1080 g/mol. The third kappa shape index (κ3) is 59.4. The van der Waals surface area contributed by atoms with Crippen LogP contribution in [0.4, 0.5) is 0 Å². The summed E-state index contributed by atoms with van der Waals surface area (Å²) < 4.78 is 23.6. The molecule has 0 saturated carbocycles. The van der Waals surface area contributed by atoms with Gasteiger partial charge in [-0.05, 0) is 128 Å². The number of amides is 1. The second kappa shape index (κ2) is 56.6. The molecule has 9 heteroatoms. The predicted octanol–water partition coefficient (Wildman–Crippen LogP) is 18.8. The van der Waals surface area contributed by atoms with Crippen LogP contribution in [0.15, 0.2) is 170 Å². The van der Waals surface area contributed by atoms with Crippen LogP contribution in [0.3, 0.4) is 0 Å². The highest BCUT2D eigenvalue weighted by Crippen LogP contribution is 2.43. The Morgan fingerprint density at radius 3 is 1.19 bits per heavy atom. The van der Waals surface area contributed by atoms with E-state index in [1.165, 1.54) is 44.9 Å². The molecule has 8 nitrogen and oxygen atoms in total. The lowest BCUT2D eigenvalue weighted by Gasteiger charge is -2.25. The van der Waals surface area contributed by atoms with Gasteiger partial charge in [0.05, 0.1) is 39.9 Å². The standard InChI is InChI=1S/C68H111N2O6P/c1-6-8-10-12-14-16-18-20-22-24-25-26-27-28-29-30-31-32-33-34-35-36-37-38-39-40-41-42-43-44-45-46-48-50-52-54-56-58-60-62-68(72)69-66(65-76-77(73,74)75-64-63-70(3,4)5)67(71)61-59-57-55-53-51-49-47-23-21-19-17-15-13-11-9-7-2/h8,10,14,16,20-23,25-26,28-29,31-32,34-35,37-38,40-41,43-44,46,48,51,53,59,61,66-67,71H,6-7,9,11-13,15,17-19,24,27,30,33,36,39,42,45,47,49-50,52,54-58,60,62-65H2,1-5H3,(H-,69,72,73,74)/p+1/b10-8-,16-14-,22-20-,23-21+,26-25-,29-28-,32-31-,35-34-,38-37-,41-40-,44-43-,48-46-,53-51+,61-59+. The van der Waals surface area contributed by atoms with Crippen LogP contribution in [0, 0.1) is 0 Å². The third-order valence-corrected chi connectivity index (χ3v) is 13.1. The molecule has 3 unspecified atom stereocenters. The van der Waals surface area contributed by atoms with Gasteiger partial charge in [0.1, 0.15) is 13.2 Å². The van der Waals surface area contributed by atoms with Crippen molar-refractivity contribution in [2.75, 3.05) is 40.9 Å². The van der Waals surface area contributed by atoms with Crippen LogP contribution in [0.5, 0.6) is 0 Å². The van der Waals surface area contributed by atoms with Crippen LogP contribution in [0.1, 0.15) is 200 Å². The average Bonchev–Trinajstić information content (AvgIpc) is 3.39. The number of hydrogen-bond donors (Lipinski definition) is 3. The summed E-state index contributed by atoms with van der Waals surface area (Å²) in [5, 5.41) is 13.9. The minimum absolute atomic E-state index is 0.0399. The van der Waals surface area contributed by atoms with Gasteiger partial charge in [-0.3, -0.25) is 13.8 Å². The highest BCUT2D eigenvalue weighted by atomic mass is 31.2. The van der Waals surface area contributed by atoms with Crippen LogP contribution in [-0.4, -0.2) is 73.4 Å². The molecule has 0 heterocycles. The van der Waals surface area contributed by atoms with E-state index in [-0.39, 0.29) is 19.1 Å². The summed E-state index contributed by atoms with van der Waals surface area (Å²) in [7, 11) is 1.50. The molecule has 77 heavy (non-hydrogen) atoms. The van der Waals surface area contributed by atoms with Gasteiger partial charge >= 0.3 is 7.82 Å². The Bertz CT molecular complexity index is 1850.